The summed E-state index contributed by atoms with van der Waals surface area (Å²) in [4.78, 5) is 41.8. The molecule has 0 spiro atoms. The van der Waals surface area contributed by atoms with E-state index >= 15 is 0 Å². The van der Waals surface area contributed by atoms with E-state index in [2.05, 4.69) is 54.3 Å². The number of likely N-dealkylation sites (tertiary alicyclic amines) is 1. The number of anilines is 2. The SMILES string of the molecule is Cc1cnc(-c2ccc(N3CCN(C(=O)CN4CC[C@@H](C(=O)Nc5ccc6[nH]nc(-c7ccc(F)cc7)c6c5)C4)[C@H](C)C3)cc2)nc1. The molecule has 2 N–H and O–H groups in total. The number of halogens is 1. The van der Waals surface area contributed by atoms with Crippen molar-refractivity contribution < 1.29 is 14.0 Å². The second-order valence-electron chi connectivity index (χ2n) is 12.6. The number of piperazine rings is 1. The van der Waals surface area contributed by atoms with Gasteiger partial charge in [0.1, 0.15) is 5.82 Å². The molecule has 0 aliphatic carbocycles. The van der Waals surface area contributed by atoms with Crippen LogP contribution in [0.15, 0.2) is 79.1 Å². The normalized spacial score (nSPS) is 18.5. The molecule has 3 aromatic carbocycles. The lowest BCUT2D eigenvalue weighted by Crippen LogP contribution is -2.56. The number of nitrogens with one attached hydrogen (secondary N) is 2. The Morgan fingerprint density at radius 1 is 0.936 bits per heavy atom. The summed E-state index contributed by atoms with van der Waals surface area (Å²) in [6.07, 6.45) is 4.34. The molecule has 0 unspecified atom stereocenters. The van der Waals surface area contributed by atoms with E-state index in [1.165, 1.54) is 12.1 Å². The number of aromatic amines is 1. The summed E-state index contributed by atoms with van der Waals surface area (Å²) >= 11 is 0. The van der Waals surface area contributed by atoms with Crippen molar-refractivity contribution in [1.82, 2.24) is 30.0 Å². The van der Waals surface area contributed by atoms with E-state index in [9.17, 15) is 14.0 Å². The van der Waals surface area contributed by atoms with Gasteiger partial charge in [0.2, 0.25) is 11.8 Å². The van der Waals surface area contributed by atoms with Crippen LogP contribution < -0.4 is 10.2 Å². The van der Waals surface area contributed by atoms with Crippen molar-refractivity contribution >= 4 is 34.1 Å². The standard InChI is InChI=1S/C36H37FN8O2/c1-23-18-38-35(39-19-23)26-5-10-30(11-6-26)44-15-16-45(24(2)20-44)33(46)22-43-14-13-27(21-43)36(47)40-29-9-12-32-31(17-29)34(42-41-32)25-3-7-28(37)8-4-25/h3-12,17-19,24,27H,13-16,20-22H2,1-2H3,(H,40,47)(H,41,42)/t24-,27-/m1/s1. The van der Waals surface area contributed by atoms with Crippen LogP contribution in [0.5, 0.6) is 0 Å². The van der Waals surface area contributed by atoms with Crippen molar-refractivity contribution in [3.8, 4) is 22.6 Å². The highest BCUT2D eigenvalue weighted by Gasteiger charge is 2.33. The molecular formula is C36H37FN8O2. The van der Waals surface area contributed by atoms with Crippen LogP contribution in [0.25, 0.3) is 33.5 Å². The predicted octanol–water partition coefficient (Wildman–Crippen LogP) is 5.13. The molecular weight excluding hydrogens is 595 g/mol. The number of fused-ring (bicyclic) bond motifs is 1. The average Bonchev–Trinajstić information content (AvgIpc) is 3.73. The molecule has 7 rings (SSSR count). The number of hydrogen-bond acceptors (Lipinski definition) is 7. The Bertz CT molecular complexity index is 1890. The molecule has 240 valence electrons. The molecule has 4 heterocycles. The molecule has 2 aliphatic heterocycles. The summed E-state index contributed by atoms with van der Waals surface area (Å²) in [7, 11) is 0. The fraction of sp³-hybridized carbons (Fsp3) is 0.306. The van der Waals surface area contributed by atoms with E-state index in [0.717, 1.165) is 46.4 Å². The Morgan fingerprint density at radius 3 is 2.43 bits per heavy atom. The third-order valence-electron chi connectivity index (χ3n) is 9.17. The number of aromatic nitrogens is 4. The van der Waals surface area contributed by atoms with Crippen molar-refractivity contribution in [1.29, 1.82) is 0 Å². The maximum atomic E-state index is 13.4. The fourth-order valence-corrected chi connectivity index (χ4v) is 6.56. The van der Waals surface area contributed by atoms with E-state index in [0.29, 0.717) is 49.8 Å². The first kappa shape index (κ1) is 30.5. The van der Waals surface area contributed by atoms with Gasteiger partial charge in [0.15, 0.2) is 5.82 Å². The summed E-state index contributed by atoms with van der Waals surface area (Å²) in [6, 6.07) is 20.1. The maximum absolute atomic E-state index is 13.4. The molecule has 5 aromatic rings. The van der Waals surface area contributed by atoms with Gasteiger partial charge in [0.05, 0.1) is 23.7 Å². The molecule has 47 heavy (non-hydrogen) atoms. The van der Waals surface area contributed by atoms with Crippen molar-refractivity contribution in [2.24, 2.45) is 5.92 Å². The quantitative estimate of drug-likeness (QED) is 0.256. The molecule has 0 radical (unpaired) electrons. The first-order chi connectivity index (χ1) is 22.8. The third-order valence-corrected chi connectivity index (χ3v) is 9.17. The molecule has 2 saturated heterocycles. The number of amides is 2. The topological polar surface area (TPSA) is 110 Å². The molecule has 10 nitrogen and oxygen atoms in total. The zero-order valence-electron chi connectivity index (χ0n) is 26.5. The van der Waals surface area contributed by atoms with Crippen LogP contribution in [0.3, 0.4) is 0 Å². The smallest absolute Gasteiger partial charge is 0.237 e. The van der Waals surface area contributed by atoms with Gasteiger partial charge in [-0.25, -0.2) is 14.4 Å². The Morgan fingerprint density at radius 2 is 1.68 bits per heavy atom. The van der Waals surface area contributed by atoms with Crippen molar-refractivity contribution in [2.45, 2.75) is 26.3 Å². The van der Waals surface area contributed by atoms with E-state index in [-0.39, 0.29) is 29.6 Å². The van der Waals surface area contributed by atoms with Gasteiger partial charge in [-0.2, -0.15) is 5.10 Å². The monoisotopic (exact) mass is 632 g/mol. The highest BCUT2D eigenvalue weighted by molar-refractivity contribution is 5.99. The van der Waals surface area contributed by atoms with Gasteiger partial charge in [0, 0.05) is 72.5 Å². The maximum Gasteiger partial charge on any atom is 0.237 e. The first-order valence-corrected chi connectivity index (χ1v) is 16.0. The van der Waals surface area contributed by atoms with Crippen molar-refractivity contribution in [2.75, 3.05) is 49.5 Å². The number of H-pyrrole nitrogens is 1. The summed E-state index contributed by atoms with van der Waals surface area (Å²) in [6.45, 7) is 7.77. The third kappa shape index (κ3) is 6.57. The van der Waals surface area contributed by atoms with Crippen LogP contribution >= 0.6 is 0 Å². The van der Waals surface area contributed by atoms with Gasteiger partial charge in [-0.3, -0.25) is 19.6 Å². The number of carbonyl (C=O) groups is 2. The summed E-state index contributed by atoms with van der Waals surface area (Å²) < 4.78 is 13.4. The number of hydrogen-bond donors (Lipinski definition) is 2. The van der Waals surface area contributed by atoms with Crippen LogP contribution in [0.1, 0.15) is 18.9 Å². The highest BCUT2D eigenvalue weighted by atomic mass is 19.1. The number of aryl methyl sites for hydroxylation is 1. The van der Waals surface area contributed by atoms with Crippen molar-refractivity contribution in [3.63, 3.8) is 0 Å². The van der Waals surface area contributed by atoms with Gasteiger partial charge in [-0.05, 0) is 99.1 Å². The number of benzene rings is 3. The van der Waals surface area contributed by atoms with E-state index in [4.69, 9.17) is 0 Å². The van der Waals surface area contributed by atoms with Crippen LogP contribution in [-0.4, -0.2) is 87.1 Å². The number of carbonyl (C=O) groups excluding carboxylic acids is 2. The minimum absolute atomic E-state index is 0.0620. The minimum Gasteiger partial charge on any atom is -0.368 e. The molecule has 11 heteroatoms. The van der Waals surface area contributed by atoms with Crippen LogP contribution in [0.2, 0.25) is 0 Å². The summed E-state index contributed by atoms with van der Waals surface area (Å²) in [5.41, 5.74) is 6.11. The lowest BCUT2D eigenvalue weighted by molar-refractivity contribution is -0.134. The molecule has 2 aromatic heterocycles. The van der Waals surface area contributed by atoms with Gasteiger partial charge in [-0.15, -0.1) is 0 Å². The zero-order valence-corrected chi connectivity index (χ0v) is 26.5. The zero-order chi connectivity index (χ0) is 32.5. The van der Waals surface area contributed by atoms with Crippen LogP contribution in [0.4, 0.5) is 15.8 Å². The Balaban J connectivity index is 0.913. The van der Waals surface area contributed by atoms with E-state index < -0.39 is 0 Å². The second-order valence-corrected chi connectivity index (χ2v) is 12.6. The minimum atomic E-state index is -0.307. The predicted molar refractivity (Wildman–Crippen MR) is 180 cm³/mol. The largest absolute Gasteiger partial charge is 0.368 e. The van der Waals surface area contributed by atoms with E-state index in [1.807, 2.05) is 54.5 Å². The Kier molecular flexibility index (Phi) is 8.38. The lowest BCUT2D eigenvalue weighted by Gasteiger charge is -2.41. The number of nitrogens with zero attached hydrogens (tertiary/aromatic N) is 6. The van der Waals surface area contributed by atoms with Gasteiger partial charge >= 0.3 is 0 Å². The average molecular weight is 633 g/mol. The van der Waals surface area contributed by atoms with Gasteiger partial charge in [0.25, 0.3) is 0 Å². The molecule has 0 bridgehead atoms. The Hall–Kier alpha value is -5.16. The van der Waals surface area contributed by atoms with Gasteiger partial charge in [-0.1, -0.05) is 0 Å². The molecule has 2 fully saturated rings. The Labute approximate surface area is 272 Å². The van der Waals surface area contributed by atoms with Crippen LogP contribution in [-0.2, 0) is 9.59 Å². The summed E-state index contributed by atoms with van der Waals surface area (Å²) in [5, 5.41) is 11.3. The molecule has 2 atom stereocenters. The number of rotatable bonds is 7. The van der Waals surface area contributed by atoms with Crippen LogP contribution in [0, 0.1) is 18.7 Å². The molecule has 2 aliphatic rings. The van der Waals surface area contributed by atoms with Gasteiger partial charge < -0.3 is 15.1 Å². The van der Waals surface area contributed by atoms with E-state index in [1.54, 1.807) is 12.1 Å². The lowest BCUT2D eigenvalue weighted by atomic mass is 10.1. The molecule has 0 saturated carbocycles. The second kappa shape index (κ2) is 12.9. The first-order valence-electron chi connectivity index (χ1n) is 16.0. The fourth-order valence-electron chi connectivity index (χ4n) is 6.56. The summed E-state index contributed by atoms with van der Waals surface area (Å²) in [5.74, 6) is 0.234. The highest BCUT2D eigenvalue weighted by Crippen LogP contribution is 2.30. The molecule has 2 amide bonds. The van der Waals surface area contributed by atoms with Crippen molar-refractivity contribution in [3.05, 3.63) is 90.5 Å².